The molecule has 0 aromatic heterocycles. The molecule has 2 aliphatic rings. The van der Waals surface area contributed by atoms with Gasteiger partial charge in [-0.25, -0.2) is 8.42 Å². The predicted molar refractivity (Wildman–Crippen MR) is 95.3 cm³/mol. The van der Waals surface area contributed by atoms with Gasteiger partial charge in [0.2, 0.25) is 15.9 Å². The molecule has 1 N–H and O–H groups in total. The first kappa shape index (κ1) is 21.1. The Morgan fingerprint density at radius 1 is 1.15 bits per heavy atom. The summed E-state index contributed by atoms with van der Waals surface area (Å²) in [5.74, 6) is -1.11. The number of hydrogen-bond acceptors (Lipinski definition) is 6. The van der Waals surface area contributed by atoms with E-state index in [9.17, 15) is 18.0 Å². The lowest BCUT2D eigenvalue weighted by molar-refractivity contribution is -0.137. The highest BCUT2D eigenvalue weighted by Crippen LogP contribution is 2.13. The number of aliphatic carboxylic acids is 1. The molecule has 1 atom stereocenters. The minimum atomic E-state index is -3.64. The van der Waals surface area contributed by atoms with Crippen molar-refractivity contribution in [1.82, 2.24) is 14.1 Å². The fraction of sp³-hybridized carbons (Fsp3) is 0.875. The molecule has 0 aromatic rings. The molecule has 0 spiro atoms. The van der Waals surface area contributed by atoms with E-state index in [-0.39, 0.29) is 19.0 Å². The number of sulfonamides is 1. The van der Waals surface area contributed by atoms with Crippen molar-refractivity contribution in [2.75, 3.05) is 58.7 Å². The van der Waals surface area contributed by atoms with E-state index < -0.39 is 28.6 Å². The fourth-order valence-corrected chi connectivity index (χ4v) is 4.12. The zero-order chi connectivity index (χ0) is 19.2. The number of carboxylic acid groups (broad SMARTS) is 1. The molecule has 0 saturated carbocycles. The van der Waals surface area contributed by atoms with E-state index in [0.717, 1.165) is 49.3 Å². The minimum Gasteiger partial charge on any atom is -0.480 e. The Kier molecular flexibility index (Phi) is 7.81. The van der Waals surface area contributed by atoms with Crippen LogP contribution in [0.3, 0.4) is 0 Å². The quantitative estimate of drug-likeness (QED) is 0.620. The van der Waals surface area contributed by atoms with E-state index in [2.05, 4.69) is 0 Å². The molecule has 0 aliphatic carbocycles. The van der Waals surface area contributed by atoms with Crippen molar-refractivity contribution in [3.63, 3.8) is 0 Å². The van der Waals surface area contributed by atoms with Gasteiger partial charge in [-0.3, -0.25) is 14.5 Å². The molecule has 2 rings (SSSR count). The van der Waals surface area contributed by atoms with Gasteiger partial charge in [0, 0.05) is 32.7 Å². The number of carbonyl (C=O) groups is 2. The Balaban J connectivity index is 1.89. The van der Waals surface area contributed by atoms with Crippen LogP contribution in [-0.2, 0) is 24.3 Å². The van der Waals surface area contributed by atoms with Gasteiger partial charge in [-0.2, -0.15) is 4.31 Å². The number of rotatable bonds is 7. The average Bonchev–Trinajstić information content (AvgIpc) is 2.82. The van der Waals surface area contributed by atoms with Crippen molar-refractivity contribution in [3.8, 4) is 0 Å². The van der Waals surface area contributed by atoms with Gasteiger partial charge in [-0.05, 0) is 12.8 Å². The molecular weight excluding hydrogens is 362 g/mol. The van der Waals surface area contributed by atoms with E-state index >= 15 is 0 Å². The number of nitrogens with zero attached hydrogens (tertiary/aromatic N) is 3. The highest BCUT2D eigenvalue weighted by atomic mass is 32.2. The maximum absolute atomic E-state index is 12.5. The average molecular weight is 391 g/mol. The maximum atomic E-state index is 12.5. The lowest BCUT2D eigenvalue weighted by Crippen LogP contribution is -2.52. The Labute approximate surface area is 154 Å². The van der Waals surface area contributed by atoms with E-state index in [1.54, 1.807) is 0 Å². The van der Waals surface area contributed by atoms with Crippen LogP contribution in [-0.4, -0.2) is 104 Å². The SMILES string of the molecule is CS(=O)(=O)N(CC(=O)O)CC1CN(CC(=O)N2CCCCCC2)CCO1. The van der Waals surface area contributed by atoms with Gasteiger partial charge in [0.25, 0.3) is 0 Å². The summed E-state index contributed by atoms with van der Waals surface area (Å²) < 4.78 is 30.0. The van der Waals surface area contributed by atoms with Crippen molar-refractivity contribution in [1.29, 1.82) is 0 Å². The first-order chi connectivity index (χ1) is 12.3. The smallest absolute Gasteiger partial charge is 0.318 e. The van der Waals surface area contributed by atoms with Crippen LogP contribution in [0.25, 0.3) is 0 Å². The number of morpholine rings is 1. The topological polar surface area (TPSA) is 107 Å². The molecule has 10 heteroatoms. The van der Waals surface area contributed by atoms with E-state index in [1.165, 1.54) is 0 Å². The van der Waals surface area contributed by atoms with Crippen LogP contribution in [0.2, 0.25) is 0 Å². The Bertz CT molecular complexity index is 589. The van der Waals surface area contributed by atoms with Crippen LogP contribution < -0.4 is 0 Å². The van der Waals surface area contributed by atoms with Gasteiger partial charge >= 0.3 is 5.97 Å². The highest BCUT2D eigenvalue weighted by molar-refractivity contribution is 7.88. The fourth-order valence-electron chi connectivity index (χ4n) is 3.34. The van der Waals surface area contributed by atoms with Crippen molar-refractivity contribution in [3.05, 3.63) is 0 Å². The molecule has 0 aromatic carbocycles. The molecule has 150 valence electrons. The highest BCUT2D eigenvalue weighted by Gasteiger charge is 2.29. The number of carbonyl (C=O) groups excluding carboxylic acids is 1. The van der Waals surface area contributed by atoms with E-state index in [0.29, 0.717) is 19.7 Å². The summed E-state index contributed by atoms with van der Waals surface area (Å²) in [6.07, 6.45) is 4.93. The summed E-state index contributed by atoms with van der Waals surface area (Å²) in [6, 6.07) is 0. The summed E-state index contributed by atoms with van der Waals surface area (Å²) in [6.45, 7) is 2.67. The van der Waals surface area contributed by atoms with Crippen molar-refractivity contribution in [2.24, 2.45) is 0 Å². The second-order valence-electron chi connectivity index (χ2n) is 6.97. The molecule has 0 bridgehead atoms. The lowest BCUT2D eigenvalue weighted by Gasteiger charge is -2.35. The van der Waals surface area contributed by atoms with Crippen LogP contribution in [0.1, 0.15) is 25.7 Å². The summed E-state index contributed by atoms with van der Waals surface area (Å²) in [4.78, 5) is 27.3. The van der Waals surface area contributed by atoms with Crippen molar-refractivity contribution >= 4 is 21.9 Å². The second-order valence-corrected chi connectivity index (χ2v) is 8.95. The standard InChI is InChI=1S/C16H29N3O6S/c1-26(23,24)19(13-16(21)22)11-14-10-17(8-9-25-14)12-15(20)18-6-4-2-3-5-7-18/h14H,2-13H2,1H3,(H,21,22). The monoisotopic (exact) mass is 391 g/mol. The van der Waals surface area contributed by atoms with Gasteiger partial charge in [0.05, 0.1) is 25.5 Å². The first-order valence-electron chi connectivity index (χ1n) is 9.04. The van der Waals surface area contributed by atoms with Gasteiger partial charge in [0.1, 0.15) is 6.54 Å². The molecule has 2 saturated heterocycles. The molecule has 0 radical (unpaired) electrons. The number of carboxylic acids is 1. The van der Waals surface area contributed by atoms with Crippen molar-refractivity contribution in [2.45, 2.75) is 31.8 Å². The summed E-state index contributed by atoms with van der Waals surface area (Å²) >= 11 is 0. The maximum Gasteiger partial charge on any atom is 0.318 e. The first-order valence-corrected chi connectivity index (χ1v) is 10.9. The van der Waals surface area contributed by atoms with Crippen LogP contribution in [0.4, 0.5) is 0 Å². The zero-order valence-corrected chi connectivity index (χ0v) is 16.1. The van der Waals surface area contributed by atoms with Gasteiger partial charge < -0.3 is 14.7 Å². The number of hydrogen-bond donors (Lipinski definition) is 1. The lowest BCUT2D eigenvalue weighted by atomic mass is 10.2. The summed E-state index contributed by atoms with van der Waals surface area (Å²) in [5, 5.41) is 8.91. The zero-order valence-electron chi connectivity index (χ0n) is 15.3. The van der Waals surface area contributed by atoms with Gasteiger partial charge in [-0.1, -0.05) is 12.8 Å². The van der Waals surface area contributed by atoms with Gasteiger partial charge in [-0.15, -0.1) is 0 Å². The summed E-state index contributed by atoms with van der Waals surface area (Å²) in [7, 11) is -3.64. The third kappa shape index (κ3) is 6.82. The second kappa shape index (κ2) is 9.63. The van der Waals surface area contributed by atoms with Crippen molar-refractivity contribution < 1.29 is 27.9 Å². The largest absolute Gasteiger partial charge is 0.480 e. The molecule has 2 heterocycles. The molecule has 2 fully saturated rings. The van der Waals surface area contributed by atoms with E-state index in [1.807, 2.05) is 9.80 Å². The number of likely N-dealkylation sites (tertiary alicyclic amines) is 1. The molecule has 1 amide bonds. The number of amides is 1. The Hall–Kier alpha value is -1.23. The normalized spacial score (nSPS) is 23.0. The molecule has 1 unspecified atom stereocenters. The molecule has 26 heavy (non-hydrogen) atoms. The molecule has 9 nitrogen and oxygen atoms in total. The summed E-state index contributed by atoms with van der Waals surface area (Å²) in [5.41, 5.74) is 0. The Morgan fingerprint density at radius 3 is 2.38 bits per heavy atom. The van der Waals surface area contributed by atoms with Crippen LogP contribution in [0.5, 0.6) is 0 Å². The van der Waals surface area contributed by atoms with Gasteiger partial charge in [0.15, 0.2) is 0 Å². The van der Waals surface area contributed by atoms with Crippen LogP contribution in [0.15, 0.2) is 0 Å². The third-order valence-corrected chi connectivity index (χ3v) is 5.94. The minimum absolute atomic E-state index is 0.0282. The Morgan fingerprint density at radius 2 is 1.81 bits per heavy atom. The molecule has 2 aliphatic heterocycles. The predicted octanol–water partition coefficient (Wildman–Crippen LogP) is -0.564. The number of ether oxygens (including phenoxy) is 1. The van der Waals surface area contributed by atoms with Crippen LogP contribution >= 0.6 is 0 Å². The van der Waals surface area contributed by atoms with Crippen LogP contribution in [0, 0.1) is 0 Å². The third-order valence-electron chi connectivity index (χ3n) is 4.73. The van der Waals surface area contributed by atoms with E-state index in [4.69, 9.17) is 9.84 Å². The molecular formula is C16H29N3O6S.